The highest BCUT2D eigenvalue weighted by atomic mass is 16.5. The molecule has 1 amide bonds. The molecule has 0 atom stereocenters. The number of rotatable bonds is 7. The Bertz CT molecular complexity index is 695. The Morgan fingerprint density at radius 3 is 2.67 bits per heavy atom. The summed E-state index contributed by atoms with van der Waals surface area (Å²) in [7, 11) is 1.62. The van der Waals surface area contributed by atoms with E-state index in [0.29, 0.717) is 12.5 Å². The van der Waals surface area contributed by atoms with Gasteiger partial charge in [0.15, 0.2) is 6.61 Å². The van der Waals surface area contributed by atoms with Crippen molar-refractivity contribution >= 4 is 5.91 Å². The van der Waals surface area contributed by atoms with Crippen molar-refractivity contribution < 1.29 is 14.3 Å². The number of methoxy groups -OCH3 is 1. The summed E-state index contributed by atoms with van der Waals surface area (Å²) in [5.41, 5.74) is 3.22. The zero-order chi connectivity index (χ0) is 17.5. The third kappa shape index (κ3) is 5.01. The molecule has 0 radical (unpaired) electrons. The highest BCUT2D eigenvalue weighted by Crippen LogP contribution is 2.24. The minimum absolute atomic E-state index is 0.00631. The van der Waals surface area contributed by atoms with Gasteiger partial charge in [0.2, 0.25) is 0 Å². The maximum absolute atomic E-state index is 12.0. The molecular weight excluding hydrogens is 302 g/mol. The van der Waals surface area contributed by atoms with E-state index in [-0.39, 0.29) is 12.5 Å². The van der Waals surface area contributed by atoms with E-state index in [4.69, 9.17) is 9.47 Å². The lowest BCUT2D eigenvalue weighted by Crippen LogP contribution is -2.28. The summed E-state index contributed by atoms with van der Waals surface area (Å²) in [6, 6.07) is 13.7. The van der Waals surface area contributed by atoms with E-state index in [1.54, 1.807) is 7.11 Å². The van der Waals surface area contributed by atoms with Gasteiger partial charge in [0.05, 0.1) is 7.11 Å². The third-order valence-corrected chi connectivity index (χ3v) is 3.86. The van der Waals surface area contributed by atoms with Gasteiger partial charge in [-0.05, 0) is 47.7 Å². The number of nitrogens with one attached hydrogen (secondary N) is 1. The van der Waals surface area contributed by atoms with Crippen LogP contribution in [0.4, 0.5) is 0 Å². The van der Waals surface area contributed by atoms with Crippen molar-refractivity contribution in [2.45, 2.75) is 33.2 Å². The Balaban J connectivity index is 1.88. The lowest BCUT2D eigenvalue weighted by molar-refractivity contribution is -0.123. The maximum atomic E-state index is 12.0. The van der Waals surface area contributed by atoms with Crippen LogP contribution in [0.1, 0.15) is 36.5 Å². The van der Waals surface area contributed by atoms with Gasteiger partial charge in [0.25, 0.3) is 5.91 Å². The van der Waals surface area contributed by atoms with Gasteiger partial charge in [0, 0.05) is 6.54 Å². The molecule has 24 heavy (non-hydrogen) atoms. The average Bonchev–Trinajstić information content (AvgIpc) is 2.59. The van der Waals surface area contributed by atoms with Crippen LogP contribution in [0.25, 0.3) is 0 Å². The first-order valence-electron chi connectivity index (χ1n) is 8.12. The molecule has 1 N–H and O–H groups in total. The molecule has 0 spiro atoms. The first-order chi connectivity index (χ1) is 11.5. The number of carbonyl (C=O) groups is 1. The van der Waals surface area contributed by atoms with Gasteiger partial charge in [-0.1, -0.05) is 38.1 Å². The standard InChI is InChI=1S/C20H25NO3/c1-14(2)17-9-8-15(3)19(11-17)24-13-20(22)21-12-16-6-5-7-18(10-16)23-4/h5-11,14H,12-13H2,1-4H3,(H,21,22). The van der Waals surface area contributed by atoms with Crippen LogP contribution in [0.5, 0.6) is 11.5 Å². The number of carbonyl (C=O) groups excluding carboxylic acids is 1. The molecule has 4 heteroatoms. The molecule has 2 rings (SSSR count). The fourth-order valence-corrected chi connectivity index (χ4v) is 2.31. The van der Waals surface area contributed by atoms with E-state index in [1.165, 1.54) is 5.56 Å². The molecule has 0 bridgehead atoms. The highest BCUT2D eigenvalue weighted by Gasteiger charge is 2.08. The van der Waals surface area contributed by atoms with Crippen LogP contribution >= 0.6 is 0 Å². The van der Waals surface area contributed by atoms with Crippen LogP contribution < -0.4 is 14.8 Å². The molecule has 0 saturated heterocycles. The SMILES string of the molecule is COc1cccc(CNC(=O)COc2cc(C(C)C)ccc2C)c1. The van der Waals surface area contributed by atoms with Crippen molar-refractivity contribution in [1.29, 1.82) is 0 Å². The Morgan fingerprint density at radius 2 is 1.96 bits per heavy atom. The molecule has 0 unspecified atom stereocenters. The summed E-state index contributed by atoms with van der Waals surface area (Å²) >= 11 is 0. The van der Waals surface area contributed by atoms with Crippen LogP contribution in [-0.2, 0) is 11.3 Å². The monoisotopic (exact) mass is 327 g/mol. The van der Waals surface area contributed by atoms with Crippen molar-refractivity contribution in [3.05, 3.63) is 59.2 Å². The summed E-state index contributed by atoms with van der Waals surface area (Å²) in [6.07, 6.45) is 0. The molecule has 128 valence electrons. The van der Waals surface area contributed by atoms with E-state index in [2.05, 4.69) is 25.2 Å². The number of hydrogen-bond acceptors (Lipinski definition) is 3. The molecule has 2 aromatic rings. The summed E-state index contributed by atoms with van der Waals surface area (Å²) in [4.78, 5) is 12.0. The van der Waals surface area contributed by atoms with Gasteiger partial charge in [0.1, 0.15) is 11.5 Å². The van der Waals surface area contributed by atoms with Crippen LogP contribution in [0.2, 0.25) is 0 Å². The number of aryl methyl sites for hydroxylation is 1. The quantitative estimate of drug-likeness (QED) is 0.841. The Kier molecular flexibility index (Phi) is 6.24. The van der Waals surface area contributed by atoms with Crippen molar-refractivity contribution in [3.8, 4) is 11.5 Å². The van der Waals surface area contributed by atoms with Gasteiger partial charge in [-0.2, -0.15) is 0 Å². The third-order valence-electron chi connectivity index (χ3n) is 3.86. The minimum Gasteiger partial charge on any atom is -0.497 e. The van der Waals surface area contributed by atoms with Crippen LogP contribution in [0, 0.1) is 6.92 Å². The fraction of sp³-hybridized carbons (Fsp3) is 0.350. The predicted octanol–water partition coefficient (Wildman–Crippen LogP) is 3.82. The Labute approximate surface area is 143 Å². The number of ether oxygens (including phenoxy) is 2. The number of amides is 1. The molecule has 2 aromatic carbocycles. The van der Waals surface area contributed by atoms with Crippen molar-refractivity contribution in [1.82, 2.24) is 5.32 Å². The van der Waals surface area contributed by atoms with Gasteiger partial charge in [-0.25, -0.2) is 0 Å². The second kappa shape index (κ2) is 8.39. The molecule has 0 fully saturated rings. The second-order valence-corrected chi connectivity index (χ2v) is 6.10. The molecule has 0 aliphatic carbocycles. The normalized spacial score (nSPS) is 10.5. The molecular formula is C20H25NO3. The molecule has 0 aliphatic heterocycles. The maximum Gasteiger partial charge on any atom is 0.258 e. The summed E-state index contributed by atoms with van der Waals surface area (Å²) in [6.45, 7) is 6.70. The summed E-state index contributed by atoms with van der Waals surface area (Å²) in [5.74, 6) is 1.82. The van der Waals surface area contributed by atoms with Crippen molar-refractivity contribution in [2.75, 3.05) is 13.7 Å². The molecule has 0 saturated carbocycles. The average molecular weight is 327 g/mol. The first-order valence-corrected chi connectivity index (χ1v) is 8.12. The van der Waals surface area contributed by atoms with E-state index in [9.17, 15) is 4.79 Å². The number of hydrogen-bond donors (Lipinski definition) is 1. The van der Waals surface area contributed by atoms with E-state index in [0.717, 1.165) is 22.6 Å². The van der Waals surface area contributed by atoms with Crippen molar-refractivity contribution in [3.63, 3.8) is 0 Å². The van der Waals surface area contributed by atoms with Gasteiger partial charge in [-0.15, -0.1) is 0 Å². The van der Waals surface area contributed by atoms with E-state index in [1.807, 2.05) is 43.3 Å². The summed E-state index contributed by atoms with van der Waals surface area (Å²) in [5, 5.41) is 2.86. The molecule has 0 heterocycles. The number of benzene rings is 2. The first kappa shape index (κ1) is 17.9. The van der Waals surface area contributed by atoms with Crippen LogP contribution in [0.3, 0.4) is 0 Å². The zero-order valence-electron chi connectivity index (χ0n) is 14.8. The summed E-state index contributed by atoms with van der Waals surface area (Å²) < 4.78 is 10.9. The Morgan fingerprint density at radius 1 is 1.17 bits per heavy atom. The Hall–Kier alpha value is -2.49. The van der Waals surface area contributed by atoms with E-state index < -0.39 is 0 Å². The van der Waals surface area contributed by atoms with Crippen LogP contribution in [-0.4, -0.2) is 19.6 Å². The predicted molar refractivity (Wildman–Crippen MR) is 95.6 cm³/mol. The van der Waals surface area contributed by atoms with E-state index >= 15 is 0 Å². The van der Waals surface area contributed by atoms with Gasteiger partial charge < -0.3 is 14.8 Å². The lowest BCUT2D eigenvalue weighted by Gasteiger charge is -2.13. The smallest absolute Gasteiger partial charge is 0.258 e. The van der Waals surface area contributed by atoms with Crippen LogP contribution in [0.15, 0.2) is 42.5 Å². The fourth-order valence-electron chi connectivity index (χ4n) is 2.31. The molecule has 0 aromatic heterocycles. The second-order valence-electron chi connectivity index (χ2n) is 6.10. The van der Waals surface area contributed by atoms with Crippen molar-refractivity contribution in [2.24, 2.45) is 0 Å². The van der Waals surface area contributed by atoms with Gasteiger partial charge in [-0.3, -0.25) is 4.79 Å². The van der Waals surface area contributed by atoms with Gasteiger partial charge >= 0.3 is 0 Å². The largest absolute Gasteiger partial charge is 0.497 e. The highest BCUT2D eigenvalue weighted by molar-refractivity contribution is 5.77. The minimum atomic E-state index is -0.146. The topological polar surface area (TPSA) is 47.6 Å². The zero-order valence-corrected chi connectivity index (χ0v) is 14.8. The molecule has 0 aliphatic rings. The lowest BCUT2D eigenvalue weighted by atomic mass is 10.0. The molecule has 4 nitrogen and oxygen atoms in total.